The summed E-state index contributed by atoms with van der Waals surface area (Å²) in [7, 11) is 0. The minimum absolute atomic E-state index is 0.0862. The van der Waals surface area contributed by atoms with Crippen LogP contribution in [0.1, 0.15) is 26.7 Å². The Hall–Kier alpha value is -3.28. The van der Waals surface area contributed by atoms with Gasteiger partial charge < -0.3 is 15.2 Å². The van der Waals surface area contributed by atoms with Gasteiger partial charge in [0.05, 0.1) is 16.0 Å². The van der Waals surface area contributed by atoms with Gasteiger partial charge in [0.25, 0.3) is 0 Å². The van der Waals surface area contributed by atoms with Gasteiger partial charge in [-0.3, -0.25) is 0 Å². The topological polar surface area (TPSA) is 85.3 Å². The van der Waals surface area contributed by atoms with Gasteiger partial charge >= 0.3 is 5.97 Å². The largest absolute Gasteiger partial charge is 0.440 e. The number of nitriles is 1. The second-order valence-electron chi connectivity index (χ2n) is 7.57. The van der Waals surface area contributed by atoms with Crippen LogP contribution in [0.3, 0.4) is 0 Å². The summed E-state index contributed by atoms with van der Waals surface area (Å²) in [5, 5.41) is 11.1. The van der Waals surface area contributed by atoms with Crippen LogP contribution >= 0.6 is 46.1 Å². The number of nitrogens with zero attached hydrogens (tertiary/aromatic N) is 1. The molecule has 4 aromatic rings. The van der Waals surface area contributed by atoms with Gasteiger partial charge in [-0.15, -0.1) is 11.3 Å². The van der Waals surface area contributed by atoms with Crippen molar-refractivity contribution in [3.05, 3.63) is 103 Å². The lowest BCUT2D eigenvalue weighted by Crippen LogP contribution is -2.21. The van der Waals surface area contributed by atoms with Crippen LogP contribution in [0.15, 0.2) is 66.1 Å². The number of hydrogen-bond donors (Lipinski definition) is 1. The van der Waals surface area contributed by atoms with Crippen LogP contribution in [0.4, 0.5) is 4.39 Å². The molecule has 1 unspecified atom stereocenters. The normalized spacial score (nSPS) is 14.9. The smallest absolute Gasteiger partial charge is 0.355 e. The van der Waals surface area contributed by atoms with E-state index >= 15 is 0 Å². The van der Waals surface area contributed by atoms with Gasteiger partial charge in [0, 0.05) is 26.7 Å². The molecule has 0 spiro atoms. The number of nitrogens with two attached hydrogens (primary N) is 1. The van der Waals surface area contributed by atoms with Crippen molar-refractivity contribution in [1.29, 1.82) is 5.26 Å². The molecule has 35 heavy (non-hydrogen) atoms. The van der Waals surface area contributed by atoms with Gasteiger partial charge in [0.1, 0.15) is 33.8 Å². The lowest BCUT2D eigenvalue weighted by atomic mass is 9.83. The fourth-order valence-electron chi connectivity index (χ4n) is 3.89. The molecule has 1 atom stereocenters. The molecule has 5 nitrogen and oxygen atoms in total. The van der Waals surface area contributed by atoms with E-state index in [1.54, 1.807) is 36.4 Å². The van der Waals surface area contributed by atoms with Crippen molar-refractivity contribution in [3.63, 3.8) is 0 Å². The Labute approximate surface area is 217 Å². The standard InChI is InChI=1S/C25H12Cl3FN2O3S/c26-12-7-17(27)21-19(8-12)35-23(22(21)28)25(32)33-14-5-6-15-18(9-14)34-24(31)16(10-30)20(15)11-1-3-13(29)4-2-11/h1-9,20H,31H2. The quantitative estimate of drug-likeness (QED) is 0.214. The summed E-state index contributed by atoms with van der Waals surface area (Å²) in [6.45, 7) is 0. The third-order valence-electron chi connectivity index (χ3n) is 5.44. The number of carbonyl (C=O) groups excluding carboxylic acids is 1. The predicted molar refractivity (Wildman–Crippen MR) is 134 cm³/mol. The third kappa shape index (κ3) is 4.19. The average Bonchev–Trinajstić information content (AvgIpc) is 3.15. The lowest BCUT2D eigenvalue weighted by Gasteiger charge is -2.26. The fourth-order valence-corrected chi connectivity index (χ4v) is 6.14. The van der Waals surface area contributed by atoms with E-state index in [-0.39, 0.29) is 27.1 Å². The van der Waals surface area contributed by atoms with Crippen LogP contribution in [-0.2, 0) is 0 Å². The van der Waals surface area contributed by atoms with Crippen LogP contribution in [0.2, 0.25) is 15.1 Å². The van der Waals surface area contributed by atoms with Gasteiger partial charge in [0.15, 0.2) is 0 Å². The van der Waals surface area contributed by atoms with Crippen LogP contribution in [0.5, 0.6) is 11.5 Å². The van der Waals surface area contributed by atoms with E-state index in [2.05, 4.69) is 6.07 Å². The molecule has 3 aromatic carbocycles. The first-order chi connectivity index (χ1) is 16.8. The van der Waals surface area contributed by atoms with Crippen molar-refractivity contribution in [1.82, 2.24) is 0 Å². The minimum atomic E-state index is -0.685. The molecule has 0 bridgehead atoms. The molecule has 0 saturated carbocycles. The van der Waals surface area contributed by atoms with Gasteiger partial charge in [-0.05, 0) is 35.9 Å². The number of rotatable bonds is 3. The molecule has 0 saturated heterocycles. The summed E-state index contributed by atoms with van der Waals surface area (Å²) in [6.07, 6.45) is 0. The summed E-state index contributed by atoms with van der Waals surface area (Å²) < 4.78 is 25.3. The second-order valence-corrected chi connectivity index (χ2v) is 9.85. The number of halogens is 4. The van der Waals surface area contributed by atoms with Crippen molar-refractivity contribution in [2.45, 2.75) is 5.92 Å². The van der Waals surface area contributed by atoms with Gasteiger partial charge in [0.2, 0.25) is 5.88 Å². The molecule has 5 rings (SSSR count). The van der Waals surface area contributed by atoms with Gasteiger partial charge in [-0.25, -0.2) is 9.18 Å². The Morgan fingerprint density at radius 1 is 1.11 bits per heavy atom. The maximum atomic E-state index is 13.5. The number of allylic oxidation sites excluding steroid dienone is 1. The average molecular weight is 546 g/mol. The number of carbonyl (C=O) groups is 1. The number of hydrogen-bond acceptors (Lipinski definition) is 6. The SMILES string of the molecule is N#CC1=C(N)Oc2cc(OC(=O)c3sc4cc(Cl)cc(Cl)c4c3Cl)ccc2C1c1ccc(F)cc1. The molecule has 1 aromatic heterocycles. The van der Waals surface area contributed by atoms with Gasteiger partial charge in [-0.2, -0.15) is 5.26 Å². The summed E-state index contributed by atoms with van der Waals surface area (Å²) in [5.41, 5.74) is 7.48. The summed E-state index contributed by atoms with van der Waals surface area (Å²) in [4.78, 5) is 13.1. The van der Waals surface area contributed by atoms with Crippen LogP contribution < -0.4 is 15.2 Å². The molecule has 2 heterocycles. The minimum Gasteiger partial charge on any atom is -0.440 e. The number of esters is 1. The summed E-state index contributed by atoms with van der Waals surface area (Å²) >= 11 is 19.8. The first kappa shape index (κ1) is 23.5. The van der Waals surface area contributed by atoms with Crippen molar-refractivity contribution in [2.24, 2.45) is 5.73 Å². The zero-order chi connectivity index (χ0) is 24.9. The summed E-state index contributed by atoms with van der Waals surface area (Å²) in [5.74, 6) is -1.26. The van der Waals surface area contributed by atoms with Crippen molar-refractivity contribution >= 4 is 62.2 Å². The predicted octanol–water partition coefficient (Wildman–Crippen LogP) is 7.44. The highest BCUT2D eigenvalue weighted by atomic mass is 35.5. The molecular formula is C25H12Cl3FN2O3S. The van der Waals surface area contributed by atoms with E-state index in [1.165, 1.54) is 18.2 Å². The lowest BCUT2D eigenvalue weighted by molar-refractivity contribution is 0.0740. The number of thiophene rings is 1. The maximum absolute atomic E-state index is 13.5. The highest BCUT2D eigenvalue weighted by Gasteiger charge is 2.31. The summed E-state index contributed by atoms with van der Waals surface area (Å²) in [6, 6.07) is 15.8. The molecule has 1 aliphatic heterocycles. The Morgan fingerprint density at radius 3 is 2.57 bits per heavy atom. The number of ether oxygens (including phenoxy) is 2. The van der Waals surface area contributed by atoms with Crippen molar-refractivity contribution in [2.75, 3.05) is 0 Å². The Morgan fingerprint density at radius 2 is 1.86 bits per heavy atom. The third-order valence-corrected chi connectivity index (χ3v) is 7.56. The second kappa shape index (κ2) is 9.06. The molecule has 0 fully saturated rings. The number of benzene rings is 3. The van der Waals surface area contributed by atoms with E-state index < -0.39 is 17.7 Å². The van der Waals surface area contributed by atoms with E-state index in [0.717, 1.165) is 11.3 Å². The Kier molecular flexibility index (Phi) is 6.07. The van der Waals surface area contributed by atoms with Crippen LogP contribution in [0.25, 0.3) is 10.1 Å². The molecule has 0 radical (unpaired) electrons. The van der Waals surface area contributed by atoms with Crippen molar-refractivity contribution in [3.8, 4) is 17.6 Å². The maximum Gasteiger partial charge on any atom is 0.355 e. The van der Waals surface area contributed by atoms with Crippen LogP contribution in [-0.4, -0.2) is 5.97 Å². The van der Waals surface area contributed by atoms with Gasteiger partial charge in [-0.1, -0.05) is 53.0 Å². The highest BCUT2D eigenvalue weighted by molar-refractivity contribution is 7.21. The molecular weight excluding hydrogens is 534 g/mol. The molecule has 0 amide bonds. The fraction of sp³-hybridized carbons (Fsp3) is 0.0400. The Bertz CT molecular complexity index is 1590. The molecule has 174 valence electrons. The van der Waals surface area contributed by atoms with E-state index in [1.807, 2.05) is 0 Å². The zero-order valence-electron chi connectivity index (χ0n) is 17.4. The van der Waals surface area contributed by atoms with E-state index in [0.29, 0.717) is 37.0 Å². The Balaban J connectivity index is 1.49. The highest BCUT2D eigenvalue weighted by Crippen LogP contribution is 2.44. The first-order valence-electron chi connectivity index (χ1n) is 10.0. The van der Waals surface area contributed by atoms with E-state index in [9.17, 15) is 14.4 Å². The molecule has 0 aliphatic carbocycles. The van der Waals surface area contributed by atoms with Crippen molar-refractivity contribution < 1.29 is 18.7 Å². The first-order valence-corrected chi connectivity index (χ1v) is 12.0. The van der Waals surface area contributed by atoms with Crippen LogP contribution in [0, 0.1) is 17.1 Å². The molecule has 2 N–H and O–H groups in total. The monoisotopic (exact) mass is 544 g/mol. The zero-order valence-corrected chi connectivity index (χ0v) is 20.5. The molecule has 1 aliphatic rings. The molecule has 10 heteroatoms. The number of fused-ring (bicyclic) bond motifs is 2. The van der Waals surface area contributed by atoms with E-state index in [4.69, 9.17) is 50.0 Å².